The number of nitrogens with one attached hydrogen (secondary N) is 2. The SMILES string of the molecule is CCOc1ncccc1-c1cc(N)c(NC(C)CC)c(C=N)n1. The monoisotopic (exact) mass is 313 g/mol. The van der Waals surface area contributed by atoms with E-state index in [0.717, 1.165) is 12.0 Å². The van der Waals surface area contributed by atoms with E-state index in [-0.39, 0.29) is 6.04 Å². The topological polar surface area (TPSA) is 96.9 Å². The lowest BCUT2D eigenvalue weighted by Gasteiger charge is -2.18. The second kappa shape index (κ2) is 7.58. The van der Waals surface area contributed by atoms with Crippen molar-refractivity contribution in [3.05, 3.63) is 30.1 Å². The third kappa shape index (κ3) is 3.77. The Hall–Kier alpha value is -2.63. The highest BCUT2D eigenvalue weighted by atomic mass is 16.5. The molecule has 0 saturated heterocycles. The molecule has 0 aromatic carbocycles. The van der Waals surface area contributed by atoms with Crippen molar-refractivity contribution in [2.45, 2.75) is 33.2 Å². The van der Waals surface area contributed by atoms with Gasteiger partial charge in [-0.2, -0.15) is 0 Å². The predicted molar refractivity (Wildman–Crippen MR) is 94.3 cm³/mol. The Morgan fingerprint density at radius 3 is 2.87 bits per heavy atom. The molecule has 1 atom stereocenters. The predicted octanol–water partition coefficient (Wildman–Crippen LogP) is 3.33. The summed E-state index contributed by atoms with van der Waals surface area (Å²) in [6, 6.07) is 5.75. The van der Waals surface area contributed by atoms with Crippen molar-refractivity contribution in [1.29, 1.82) is 5.41 Å². The maximum Gasteiger partial charge on any atom is 0.222 e. The van der Waals surface area contributed by atoms with Crippen molar-refractivity contribution in [3.63, 3.8) is 0 Å². The standard InChI is InChI=1S/C17H23N5O/c1-4-11(3)21-16-13(19)9-14(22-15(16)10-18)12-7-6-8-20-17(12)23-5-2/h6-11,18,21H,4-5H2,1-3H3,(H2,19,22). The first-order valence-corrected chi connectivity index (χ1v) is 7.76. The smallest absolute Gasteiger partial charge is 0.222 e. The number of nitrogens with zero attached hydrogens (tertiary/aromatic N) is 2. The quantitative estimate of drug-likeness (QED) is 0.681. The molecular formula is C17H23N5O. The van der Waals surface area contributed by atoms with Crippen LogP contribution in [0.4, 0.5) is 11.4 Å². The van der Waals surface area contributed by atoms with Gasteiger partial charge in [0, 0.05) is 18.5 Å². The molecule has 2 aromatic heterocycles. The highest BCUT2D eigenvalue weighted by Crippen LogP contribution is 2.32. The third-order valence-electron chi connectivity index (χ3n) is 3.55. The van der Waals surface area contributed by atoms with Crippen LogP contribution >= 0.6 is 0 Å². The van der Waals surface area contributed by atoms with Gasteiger partial charge < -0.3 is 21.2 Å². The maximum absolute atomic E-state index is 7.65. The summed E-state index contributed by atoms with van der Waals surface area (Å²) in [4.78, 5) is 8.79. The minimum atomic E-state index is 0.251. The molecule has 122 valence electrons. The fourth-order valence-corrected chi connectivity index (χ4v) is 2.17. The first kappa shape index (κ1) is 16.7. The number of hydrogen-bond acceptors (Lipinski definition) is 6. The average Bonchev–Trinajstić information content (AvgIpc) is 2.57. The lowest BCUT2D eigenvalue weighted by atomic mass is 10.1. The van der Waals surface area contributed by atoms with Crippen molar-refractivity contribution in [3.8, 4) is 17.1 Å². The van der Waals surface area contributed by atoms with Gasteiger partial charge in [0.2, 0.25) is 5.88 Å². The average molecular weight is 313 g/mol. The van der Waals surface area contributed by atoms with Gasteiger partial charge in [0.1, 0.15) is 5.69 Å². The number of anilines is 2. The van der Waals surface area contributed by atoms with Gasteiger partial charge in [-0.1, -0.05) is 6.92 Å². The Morgan fingerprint density at radius 2 is 2.22 bits per heavy atom. The zero-order valence-corrected chi connectivity index (χ0v) is 13.8. The Bertz CT molecular complexity index is 687. The van der Waals surface area contributed by atoms with Gasteiger partial charge in [0.05, 0.1) is 29.2 Å². The molecule has 2 aromatic rings. The number of hydrogen-bond donors (Lipinski definition) is 3. The largest absolute Gasteiger partial charge is 0.477 e. The van der Waals surface area contributed by atoms with E-state index in [1.165, 1.54) is 6.21 Å². The van der Waals surface area contributed by atoms with Gasteiger partial charge in [-0.05, 0) is 38.5 Å². The van der Waals surface area contributed by atoms with E-state index in [1.54, 1.807) is 12.3 Å². The van der Waals surface area contributed by atoms with Gasteiger partial charge in [-0.15, -0.1) is 0 Å². The van der Waals surface area contributed by atoms with E-state index >= 15 is 0 Å². The first-order valence-electron chi connectivity index (χ1n) is 7.76. The molecule has 1 unspecified atom stereocenters. The van der Waals surface area contributed by atoms with Crippen LogP contribution in [0.15, 0.2) is 24.4 Å². The molecule has 0 amide bonds. The highest BCUT2D eigenvalue weighted by Gasteiger charge is 2.15. The second-order valence-electron chi connectivity index (χ2n) is 5.24. The van der Waals surface area contributed by atoms with Crippen molar-refractivity contribution < 1.29 is 4.74 Å². The van der Waals surface area contributed by atoms with E-state index in [4.69, 9.17) is 15.9 Å². The zero-order valence-electron chi connectivity index (χ0n) is 13.8. The van der Waals surface area contributed by atoms with Crippen LogP contribution in [0.5, 0.6) is 5.88 Å². The van der Waals surface area contributed by atoms with Crippen LogP contribution in [-0.4, -0.2) is 28.8 Å². The summed E-state index contributed by atoms with van der Waals surface area (Å²) in [5, 5.41) is 11.0. The Balaban J connectivity index is 2.50. The molecule has 23 heavy (non-hydrogen) atoms. The summed E-state index contributed by atoms with van der Waals surface area (Å²) in [7, 11) is 0. The van der Waals surface area contributed by atoms with Crippen LogP contribution in [0.2, 0.25) is 0 Å². The van der Waals surface area contributed by atoms with E-state index in [0.29, 0.717) is 35.2 Å². The van der Waals surface area contributed by atoms with Gasteiger partial charge in [-0.25, -0.2) is 9.97 Å². The fourth-order valence-electron chi connectivity index (χ4n) is 2.17. The molecule has 2 rings (SSSR count). The molecule has 0 radical (unpaired) electrons. The van der Waals surface area contributed by atoms with Crippen LogP contribution in [0, 0.1) is 5.41 Å². The van der Waals surface area contributed by atoms with E-state index in [2.05, 4.69) is 29.1 Å². The van der Waals surface area contributed by atoms with Crippen LogP contribution < -0.4 is 15.8 Å². The maximum atomic E-state index is 7.65. The summed E-state index contributed by atoms with van der Waals surface area (Å²) >= 11 is 0. The van der Waals surface area contributed by atoms with Crippen LogP contribution in [0.25, 0.3) is 11.3 Å². The summed E-state index contributed by atoms with van der Waals surface area (Å²) in [5.74, 6) is 0.514. The number of aromatic nitrogens is 2. The lowest BCUT2D eigenvalue weighted by molar-refractivity contribution is 0.328. The fraction of sp³-hybridized carbons (Fsp3) is 0.353. The number of pyridine rings is 2. The number of rotatable bonds is 7. The summed E-state index contributed by atoms with van der Waals surface area (Å²) in [5.41, 5.74) is 9.36. The Morgan fingerprint density at radius 1 is 1.43 bits per heavy atom. The second-order valence-corrected chi connectivity index (χ2v) is 5.24. The molecule has 0 aliphatic heterocycles. The number of nitrogen functional groups attached to an aromatic ring is 1. The van der Waals surface area contributed by atoms with Crippen molar-refractivity contribution >= 4 is 17.6 Å². The molecule has 2 heterocycles. The molecule has 0 aliphatic carbocycles. The number of nitrogens with two attached hydrogens (primary N) is 1. The first-order chi connectivity index (χ1) is 11.1. The molecule has 6 nitrogen and oxygen atoms in total. The molecule has 4 N–H and O–H groups in total. The minimum Gasteiger partial charge on any atom is -0.477 e. The lowest BCUT2D eigenvalue weighted by Crippen LogP contribution is -2.17. The zero-order chi connectivity index (χ0) is 16.8. The van der Waals surface area contributed by atoms with Crippen LogP contribution in [0.1, 0.15) is 32.9 Å². The van der Waals surface area contributed by atoms with E-state index < -0.39 is 0 Å². The van der Waals surface area contributed by atoms with Gasteiger partial charge in [0.15, 0.2) is 0 Å². The number of ether oxygens (including phenoxy) is 1. The normalized spacial score (nSPS) is 11.8. The van der Waals surface area contributed by atoms with E-state index in [1.807, 2.05) is 19.1 Å². The van der Waals surface area contributed by atoms with Crippen molar-refractivity contribution in [2.75, 3.05) is 17.7 Å². The molecule has 0 spiro atoms. The van der Waals surface area contributed by atoms with E-state index in [9.17, 15) is 0 Å². The van der Waals surface area contributed by atoms with Crippen molar-refractivity contribution in [2.24, 2.45) is 0 Å². The third-order valence-corrected chi connectivity index (χ3v) is 3.55. The summed E-state index contributed by atoms with van der Waals surface area (Å²) < 4.78 is 5.55. The van der Waals surface area contributed by atoms with Gasteiger partial charge >= 0.3 is 0 Å². The minimum absolute atomic E-state index is 0.251. The molecule has 0 saturated carbocycles. The van der Waals surface area contributed by atoms with Crippen LogP contribution in [-0.2, 0) is 0 Å². The van der Waals surface area contributed by atoms with Crippen molar-refractivity contribution in [1.82, 2.24) is 9.97 Å². The molecule has 0 aliphatic rings. The van der Waals surface area contributed by atoms with Gasteiger partial charge in [-0.3, -0.25) is 0 Å². The Kier molecular flexibility index (Phi) is 5.51. The molecule has 6 heteroatoms. The van der Waals surface area contributed by atoms with Crippen LogP contribution in [0.3, 0.4) is 0 Å². The molecule has 0 bridgehead atoms. The Labute approximate surface area is 136 Å². The molecule has 0 fully saturated rings. The summed E-state index contributed by atoms with van der Waals surface area (Å²) in [6.45, 7) is 6.58. The van der Waals surface area contributed by atoms with Gasteiger partial charge in [0.25, 0.3) is 0 Å². The summed E-state index contributed by atoms with van der Waals surface area (Å²) in [6.07, 6.45) is 3.84. The molecular weight excluding hydrogens is 290 g/mol. The highest BCUT2D eigenvalue weighted by molar-refractivity contribution is 5.91.